The largest absolute Gasteiger partial charge is 0.248 e. The standard InChI is InChI=1S/C2H6ClNO4S2/c1-4-10(7,8)2-9(3,5)6/h4H,2H2,1H3. The minimum absolute atomic E-state index is 1.09. The van der Waals surface area contributed by atoms with Gasteiger partial charge in [-0.25, -0.2) is 21.6 Å². The maximum atomic E-state index is 10.4. The third-order valence-electron chi connectivity index (χ3n) is 0.607. The van der Waals surface area contributed by atoms with E-state index in [1.54, 1.807) is 4.72 Å². The van der Waals surface area contributed by atoms with Gasteiger partial charge in [0.25, 0.3) is 0 Å². The zero-order chi connectivity index (χ0) is 8.41. The molecule has 0 unspecified atom stereocenters. The van der Waals surface area contributed by atoms with Gasteiger partial charge >= 0.3 is 0 Å². The summed E-state index contributed by atoms with van der Waals surface area (Å²) in [4.78, 5) is 0. The maximum absolute atomic E-state index is 10.4. The van der Waals surface area contributed by atoms with Crippen LogP contribution in [0.3, 0.4) is 0 Å². The van der Waals surface area contributed by atoms with Crippen molar-refractivity contribution in [1.82, 2.24) is 4.72 Å². The molecule has 0 aromatic rings. The van der Waals surface area contributed by atoms with Crippen LogP contribution in [0.4, 0.5) is 0 Å². The molecular formula is C2H6ClNO4S2. The van der Waals surface area contributed by atoms with Crippen molar-refractivity contribution in [3.63, 3.8) is 0 Å². The van der Waals surface area contributed by atoms with E-state index in [1.807, 2.05) is 0 Å². The van der Waals surface area contributed by atoms with E-state index < -0.39 is 24.2 Å². The van der Waals surface area contributed by atoms with E-state index in [0.29, 0.717) is 0 Å². The molecule has 8 heteroatoms. The Morgan fingerprint density at radius 3 is 1.80 bits per heavy atom. The smallest absolute Gasteiger partial charge is 0.217 e. The number of hydrogen-bond donors (Lipinski definition) is 1. The van der Waals surface area contributed by atoms with Crippen molar-refractivity contribution < 1.29 is 16.8 Å². The number of halogens is 1. The van der Waals surface area contributed by atoms with Crippen molar-refractivity contribution in [3.8, 4) is 0 Å². The summed E-state index contributed by atoms with van der Waals surface area (Å²) in [5, 5.41) is -1.09. The minimum Gasteiger partial charge on any atom is -0.217 e. The molecule has 0 aliphatic rings. The molecule has 0 spiro atoms. The number of sulfonamides is 1. The van der Waals surface area contributed by atoms with Crippen LogP contribution in [-0.2, 0) is 19.1 Å². The number of hydrogen-bond acceptors (Lipinski definition) is 4. The SMILES string of the molecule is CNS(=O)(=O)CS(=O)(=O)Cl. The molecule has 0 aliphatic carbocycles. The third-order valence-corrected chi connectivity index (χ3v) is 4.40. The van der Waals surface area contributed by atoms with E-state index in [-0.39, 0.29) is 0 Å². The summed E-state index contributed by atoms with van der Waals surface area (Å²) >= 11 is 0. The second kappa shape index (κ2) is 3.04. The average molecular weight is 208 g/mol. The van der Waals surface area contributed by atoms with E-state index in [9.17, 15) is 16.8 Å². The molecule has 1 N–H and O–H groups in total. The Morgan fingerprint density at radius 2 is 1.70 bits per heavy atom. The summed E-state index contributed by atoms with van der Waals surface area (Å²) in [5.74, 6) is 0. The van der Waals surface area contributed by atoms with E-state index >= 15 is 0 Å². The number of rotatable bonds is 3. The van der Waals surface area contributed by atoms with Gasteiger partial charge in [0, 0.05) is 10.7 Å². The van der Waals surface area contributed by atoms with Crippen LogP contribution < -0.4 is 4.72 Å². The van der Waals surface area contributed by atoms with Crippen molar-refractivity contribution in [2.24, 2.45) is 0 Å². The van der Waals surface area contributed by atoms with Crippen LogP contribution in [0.1, 0.15) is 0 Å². The first-order valence-corrected chi connectivity index (χ1v) is 6.23. The summed E-state index contributed by atoms with van der Waals surface area (Å²) in [6.07, 6.45) is 0. The fourth-order valence-corrected chi connectivity index (χ4v) is 3.25. The molecule has 0 aromatic carbocycles. The first kappa shape index (κ1) is 10.2. The van der Waals surface area contributed by atoms with Crippen molar-refractivity contribution in [2.75, 3.05) is 12.1 Å². The van der Waals surface area contributed by atoms with E-state index in [4.69, 9.17) is 0 Å². The van der Waals surface area contributed by atoms with Gasteiger partial charge < -0.3 is 0 Å². The molecule has 0 aliphatic heterocycles. The topological polar surface area (TPSA) is 80.3 Å². The van der Waals surface area contributed by atoms with Crippen molar-refractivity contribution in [3.05, 3.63) is 0 Å². The summed E-state index contributed by atoms with van der Waals surface area (Å²) in [5.41, 5.74) is 0. The van der Waals surface area contributed by atoms with Gasteiger partial charge in [-0.05, 0) is 7.05 Å². The molecule has 0 aromatic heterocycles. The highest BCUT2D eigenvalue weighted by Crippen LogP contribution is 1.99. The van der Waals surface area contributed by atoms with Gasteiger partial charge in [0.1, 0.15) is 0 Å². The second-order valence-corrected chi connectivity index (χ2v) is 6.54. The predicted molar refractivity (Wildman–Crippen MR) is 37.6 cm³/mol. The minimum atomic E-state index is -3.97. The highest BCUT2D eigenvalue weighted by Gasteiger charge is 2.17. The molecule has 0 rings (SSSR count). The Morgan fingerprint density at radius 1 is 1.30 bits per heavy atom. The van der Waals surface area contributed by atoms with Crippen LogP contribution in [0.15, 0.2) is 0 Å². The lowest BCUT2D eigenvalue weighted by molar-refractivity contribution is 0.588. The quantitative estimate of drug-likeness (QED) is 0.606. The fourth-order valence-electron chi connectivity index (χ4n) is 0.244. The average Bonchev–Trinajstić information content (AvgIpc) is 1.60. The van der Waals surface area contributed by atoms with E-state index in [2.05, 4.69) is 10.7 Å². The lowest BCUT2D eigenvalue weighted by Crippen LogP contribution is -2.24. The Hall–Kier alpha value is 0.150. The lowest BCUT2D eigenvalue weighted by Gasteiger charge is -1.96. The van der Waals surface area contributed by atoms with Crippen LogP contribution in [-0.4, -0.2) is 29.0 Å². The predicted octanol–water partition coefficient (Wildman–Crippen LogP) is -0.938. The van der Waals surface area contributed by atoms with E-state index in [0.717, 1.165) is 7.05 Å². The highest BCUT2D eigenvalue weighted by molar-refractivity contribution is 8.21. The molecule has 0 heterocycles. The van der Waals surface area contributed by atoms with E-state index in [1.165, 1.54) is 0 Å². The molecule has 0 saturated heterocycles. The van der Waals surface area contributed by atoms with Crippen LogP contribution in [0, 0.1) is 0 Å². The molecule has 5 nitrogen and oxygen atoms in total. The molecular weight excluding hydrogens is 202 g/mol. The second-order valence-electron chi connectivity index (χ2n) is 1.48. The Labute approximate surface area is 63.8 Å². The van der Waals surface area contributed by atoms with Gasteiger partial charge in [0.2, 0.25) is 19.1 Å². The fraction of sp³-hybridized carbons (Fsp3) is 1.00. The molecule has 0 bridgehead atoms. The van der Waals surface area contributed by atoms with Crippen molar-refractivity contribution in [2.45, 2.75) is 0 Å². The van der Waals surface area contributed by atoms with Crippen LogP contribution in [0.25, 0.3) is 0 Å². The molecule has 0 fully saturated rings. The monoisotopic (exact) mass is 207 g/mol. The Bertz CT molecular complexity index is 289. The van der Waals surface area contributed by atoms with Crippen LogP contribution >= 0.6 is 10.7 Å². The van der Waals surface area contributed by atoms with Gasteiger partial charge in [-0.1, -0.05) is 0 Å². The first-order chi connectivity index (χ1) is 4.27. The van der Waals surface area contributed by atoms with Gasteiger partial charge in [0.15, 0.2) is 5.08 Å². The first-order valence-electron chi connectivity index (χ1n) is 2.10. The lowest BCUT2D eigenvalue weighted by atomic mass is 11.6. The summed E-state index contributed by atoms with van der Waals surface area (Å²) in [6, 6.07) is 0. The molecule has 0 amide bonds. The summed E-state index contributed by atoms with van der Waals surface area (Å²) in [7, 11) is -1.96. The zero-order valence-corrected chi connectivity index (χ0v) is 7.42. The zero-order valence-electron chi connectivity index (χ0n) is 5.03. The Kier molecular flexibility index (Phi) is 3.08. The normalized spacial score (nSPS) is 13.4. The maximum Gasteiger partial charge on any atom is 0.248 e. The third kappa shape index (κ3) is 4.98. The Balaban J connectivity index is 4.49. The van der Waals surface area contributed by atoms with Gasteiger partial charge in [-0.15, -0.1) is 0 Å². The molecule has 62 valence electrons. The van der Waals surface area contributed by atoms with Crippen LogP contribution in [0.2, 0.25) is 0 Å². The summed E-state index contributed by atoms with van der Waals surface area (Å²) < 4.78 is 43.0. The van der Waals surface area contributed by atoms with Crippen LogP contribution in [0.5, 0.6) is 0 Å². The summed E-state index contributed by atoms with van der Waals surface area (Å²) in [6.45, 7) is 0. The van der Waals surface area contributed by atoms with Gasteiger partial charge in [-0.3, -0.25) is 0 Å². The molecule has 0 saturated carbocycles. The van der Waals surface area contributed by atoms with Crippen molar-refractivity contribution in [1.29, 1.82) is 0 Å². The van der Waals surface area contributed by atoms with Crippen molar-refractivity contribution >= 4 is 29.8 Å². The number of nitrogens with one attached hydrogen (secondary N) is 1. The highest BCUT2D eigenvalue weighted by atomic mass is 35.7. The molecule has 0 atom stereocenters. The molecule has 0 radical (unpaired) electrons. The van der Waals surface area contributed by atoms with Gasteiger partial charge in [0.05, 0.1) is 0 Å². The van der Waals surface area contributed by atoms with Gasteiger partial charge in [-0.2, -0.15) is 0 Å². The molecule has 10 heavy (non-hydrogen) atoms.